The first kappa shape index (κ1) is 24.4. The largest absolute Gasteiger partial charge is 0.391 e. The molecule has 0 spiro atoms. The van der Waals surface area contributed by atoms with Crippen LogP contribution < -0.4 is 16.0 Å². The Labute approximate surface area is 178 Å². The molecule has 0 saturated carbocycles. The maximum atomic E-state index is 12.6. The average molecular weight is 424 g/mol. The Balaban J connectivity index is 2.01. The van der Waals surface area contributed by atoms with Gasteiger partial charge in [0.25, 0.3) is 0 Å². The highest BCUT2D eigenvalue weighted by Crippen LogP contribution is 2.37. The number of rotatable bonds is 9. The lowest BCUT2D eigenvalue weighted by Gasteiger charge is -2.40. The summed E-state index contributed by atoms with van der Waals surface area (Å²) in [5, 5.41) is 28.4. The van der Waals surface area contributed by atoms with Crippen molar-refractivity contribution in [3.8, 4) is 0 Å². The molecule has 5 N–H and O–H groups in total. The number of aliphatic hydroxyl groups is 2. The normalized spacial score (nSPS) is 26.8. The second kappa shape index (κ2) is 10.5. The second-order valence-electron chi connectivity index (χ2n) is 9.23. The van der Waals surface area contributed by atoms with Gasteiger partial charge >= 0.3 is 0 Å². The molecule has 2 aliphatic rings. The van der Waals surface area contributed by atoms with Crippen molar-refractivity contribution in [1.29, 1.82) is 0 Å². The number of aliphatic hydroxyl groups excluding tert-OH is 2. The third-order valence-electron chi connectivity index (χ3n) is 5.97. The Kier molecular flexibility index (Phi) is 8.52. The third-order valence-corrected chi connectivity index (χ3v) is 5.97. The second-order valence-corrected chi connectivity index (χ2v) is 9.23. The number of hydrogen-bond donors (Lipinski definition) is 5. The minimum Gasteiger partial charge on any atom is -0.391 e. The van der Waals surface area contributed by atoms with Crippen LogP contribution in [0.4, 0.5) is 0 Å². The van der Waals surface area contributed by atoms with E-state index in [9.17, 15) is 19.8 Å². The van der Waals surface area contributed by atoms with Crippen LogP contribution in [-0.4, -0.2) is 65.7 Å². The van der Waals surface area contributed by atoms with Crippen LogP contribution in [-0.2, 0) is 9.59 Å². The van der Waals surface area contributed by atoms with E-state index in [1.165, 1.54) is 6.92 Å². The molecule has 2 unspecified atom stereocenters. The van der Waals surface area contributed by atoms with Gasteiger partial charge in [-0.05, 0) is 32.7 Å². The number of unbranched alkanes of at least 4 members (excludes halogenated alkanes) is 1. The number of nitrogens with zero attached hydrogens (tertiary/aromatic N) is 2. The molecule has 0 aromatic rings. The van der Waals surface area contributed by atoms with Crippen LogP contribution in [0, 0.1) is 17.3 Å². The summed E-state index contributed by atoms with van der Waals surface area (Å²) in [5.74, 6) is -0.101. The lowest BCUT2D eigenvalue weighted by Crippen LogP contribution is -2.57. The van der Waals surface area contributed by atoms with Gasteiger partial charge in [-0.1, -0.05) is 40.0 Å². The number of amidine groups is 1. The van der Waals surface area contributed by atoms with Crippen LogP contribution in [0.25, 0.3) is 0 Å². The molecule has 0 saturated heterocycles. The van der Waals surface area contributed by atoms with Crippen molar-refractivity contribution in [3.05, 3.63) is 0 Å². The van der Waals surface area contributed by atoms with E-state index in [-0.39, 0.29) is 30.4 Å². The molecule has 30 heavy (non-hydrogen) atoms. The van der Waals surface area contributed by atoms with Crippen LogP contribution in [0.5, 0.6) is 0 Å². The van der Waals surface area contributed by atoms with E-state index in [1.54, 1.807) is 14.0 Å². The van der Waals surface area contributed by atoms with E-state index in [1.807, 2.05) is 0 Å². The SMILES string of the molecule is CNC(CCCCC(C)C)C(=O)NC1=NC2=NC[C@](C)([C@@H](O)[C@H](C)O)CC2C(=O)N1. The van der Waals surface area contributed by atoms with Crippen molar-refractivity contribution in [3.63, 3.8) is 0 Å². The summed E-state index contributed by atoms with van der Waals surface area (Å²) in [4.78, 5) is 33.9. The fraction of sp³-hybridized carbons (Fsp3) is 0.810. The van der Waals surface area contributed by atoms with Gasteiger partial charge < -0.3 is 15.5 Å². The molecule has 9 nitrogen and oxygen atoms in total. The highest BCUT2D eigenvalue weighted by Gasteiger charge is 2.45. The number of likely N-dealkylation sites (N-methyl/N-ethyl adjacent to an activating group) is 1. The molecule has 2 aliphatic heterocycles. The van der Waals surface area contributed by atoms with Gasteiger partial charge in [-0.2, -0.15) is 4.99 Å². The van der Waals surface area contributed by atoms with Gasteiger partial charge in [-0.25, -0.2) is 0 Å². The van der Waals surface area contributed by atoms with Gasteiger partial charge in [0.05, 0.1) is 24.2 Å². The van der Waals surface area contributed by atoms with Gasteiger partial charge in [0.1, 0.15) is 5.84 Å². The zero-order chi connectivity index (χ0) is 22.5. The smallest absolute Gasteiger partial charge is 0.243 e. The van der Waals surface area contributed by atoms with E-state index in [4.69, 9.17) is 0 Å². The van der Waals surface area contributed by atoms with Crippen molar-refractivity contribution >= 4 is 23.6 Å². The predicted octanol–water partition coefficient (Wildman–Crippen LogP) is 0.559. The highest BCUT2D eigenvalue weighted by molar-refractivity contribution is 6.19. The third kappa shape index (κ3) is 6.09. The first-order valence-corrected chi connectivity index (χ1v) is 10.9. The fourth-order valence-electron chi connectivity index (χ4n) is 4.03. The molecule has 2 amide bonds. The summed E-state index contributed by atoms with van der Waals surface area (Å²) in [5.41, 5.74) is -0.719. The molecule has 170 valence electrons. The van der Waals surface area contributed by atoms with Crippen molar-refractivity contribution < 1.29 is 19.8 Å². The lowest BCUT2D eigenvalue weighted by molar-refractivity contribution is -0.124. The minimum atomic E-state index is -0.993. The van der Waals surface area contributed by atoms with Crippen molar-refractivity contribution in [1.82, 2.24) is 16.0 Å². The summed E-state index contributed by atoms with van der Waals surface area (Å²) in [7, 11) is 1.74. The topological polar surface area (TPSA) is 135 Å². The quantitative estimate of drug-likeness (QED) is 0.345. The minimum absolute atomic E-state index is 0.0853. The van der Waals surface area contributed by atoms with Crippen molar-refractivity contribution in [2.45, 2.75) is 78.0 Å². The summed E-state index contributed by atoms with van der Waals surface area (Å²) in [6.45, 7) is 7.93. The fourth-order valence-corrected chi connectivity index (χ4v) is 4.03. The summed E-state index contributed by atoms with van der Waals surface area (Å²) in [6, 6.07) is -0.368. The van der Waals surface area contributed by atoms with Gasteiger partial charge in [0.2, 0.25) is 17.8 Å². The Bertz CT molecular complexity index is 691. The van der Waals surface area contributed by atoms with Crippen molar-refractivity contribution in [2.75, 3.05) is 13.6 Å². The number of fused-ring (bicyclic) bond motifs is 1. The van der Waals surface area contributed by atoms with E-state index in [0.717, 1.165) is 19.3 Å². The van der Waals surface area contributed by atoms with E-state index in [0.29, 0.717) is 24.6 Å². The monoisotopic (exact) mass is 423 g/mol. The Morgan fingerprint density at radius 1 is 1.27 bits per heavy atom. The number of carbonyl (C=O) groups excluding carboxylic acids is 2. The standard InChI is InChI=1S/C21H37N5O4/c1-12(2)8-6-7-9-15(22-5)19(30)26-20-24-17-14(18(29)25-20)10-21(4,11-23-17)16(28)13(3)27/h12-16,22,27-28H,6-11H2,1-5H3,(H2,23,24,25,26,29,30)/t13-,14?,15?,16-,21+/m0/s1. The van der Waals surface area contributed by atoms with Crippen LogP contribution in [0.1, 0.15) is 59.8 Å². The first-order chi connectivity index (χ1) is 14.1. The molecule has 5 atom stereocenters. The molecule has 0 radical (unpaired) electrons. The molecule has 9 heteroatoms. The molecule has 0 aromatic carbocycles. The molecule has 2 rings (SSSR count). The molecule has 2 heterocycles. The Morgan fingerprint density at radius 3 is 2.53 bits per heavy atom. The first-order valence-electron chi connectivity index (χ1n) is 10.9. The van der Waals surface area contributed by atoms with Gasteiger partial charge in [0, 0.05) is 12.0 Å². The van der Waals surface area contributed by atoms with Gasteiger partial charge in [-0.3, -0.25) is 25.2 Å². The van der Waals surface area contributed by atoms with E-state index < -0.39 is 23.5 Å². The number of hydrogen-bond acceptors (Lipinski definition) is 7. The van der Waals surface area contributed by atoms with Gasteiger partial charge in [-0.15, -0.1) is 0 Å². The lowest BCUT2D eigenvalue weighted by atomic mass is 9.72. The number of carbonyl (C=O) groups is 2. The maximum absolute atomic E-state index is 12.6. The molecular weight excluding hydrogens is 386 g/mol. The van der Waals surface area contributed by atoms with Crippen LogP contribution >= 0.6 is 0 Å². The summed E-state index contributed by atoms with van der Waals surface area (Å²) < 4.78 is 0. The zero-order valence-corrected chi connectivity index (χ0v) is 18.7. The van der Waals surface area contributed by atoms with E-state index in [2.05, 4.69) is 39.8 Å². The van der Waals surface area contributed by atoms with Gasteiger partial charge in [0.15, 0.2) is 0 Å². The summed E-state index contributed by atoms with van der Waals surface area (Å²) >= 11 is 0. The Morgan fingerprint density at radius 2 is 1.93 bits per heavy atom. The van der Waals surface area contributed by atoms with Crippen LogP contribution in [0.15, 0.2) is 9.98 Å². The molecule has 0 aromatic heterocycles. The maximum Gasteiger partial charge on any atom is 0.243 e. The van der Waals surface area contributed by atoms with E-state index >= 15 is 0 Å². The number of nitrogens with one attached hydrogen (secondary N) is 3. The number of guanidine groups is 1. The molecule has 0 fully saturated rings. The van der Waals surface area contributed by atoms with Crippen molar-refractivity contribution in [2.24, 2.45) is 27.2 Å². The number of amides is 2. The zero-order valence-electron chi connectivity index (χ0n) is 18.7. The number of aliphatic imine (C=N–C) groups is 2. The van der Waals surface area contributed by atoms with Crippen LogP contribution in [0.3, 0.4) is 0 Å². The molecule has 0 bridgehead atoms. The predicted molar refractivity (Wildman–Crippen MR) is 116 cm³/mol. The van der Waals surface area contributed by atoms with Crippen LogP contribution in [0.2, 0.25) is 0 Å². The average Bonchev–Trinajstić information content (AvgIpc) is 2.67. The summed E-state index contributed by atoms with van der Waals surface area (Å²) in [6.07, 6.45) is 2.25. The molecule has 0 aliphatic carbocycles. The Hall–Kier alpha value is -1.84. The highest BCUT2D eigenvalue weighted by atomic mass is 16.3. The molecular formula is C21H37N5O4.